The third kappa shape index (κ3) is 6.00. The highest BCUT2D eigenvalue weighted by Crippen LogP contribution is 1.94. The Morgan fingerprint density at radius 1 is 1.60 bits per heavy atom. The van der Waals surface area contributed by atoms with Crippen molar-refractivity contribution in [2.24, 2.45) is 0 Å². The molecule has 0 aromatic rings. The van der Waals surface area contributed by atoms with Gasteiger partial charge in [-0.1, -0.05) is 6.92 Å². The lowest BCUT2D eigenvalue weighted by atomic mass is 10.2. The summed E-state index contributed by atoms with van der Waals surface area (Å²) in [6.45, 7) is 1.93. The Morgan fingerprint density at radius 2 is 2.10 bits per heavy atom. The molecule has 0 spiro atoms. The van der Waals surface area contributed by atoms with E-state index < -0.39 is 10.1 Å². The van der Waals surface area contributed by atoms with Crippen LogP contribution in [0, 0.1) is 0 Å². The minimum atomic E-state index is -3.77. The molecule has 0 aromatic heterocycles. The lowest BCUT2D eigenvalue weighted by Crippen LogP contribution is -2.60. The highest BCUT2D eigenvalue weighted by molar-refractivity contribution is 7.85. The fourth-order valence-corrected chi connectivity index (χ4v) is 1.15. The van der Waals surface area contributed by atoms with Crippen LogP contribution in [-0.4, -0.2) is 24.8 Å². The monoisotopic (exact) mass is 168 g/mol. The first kappa shape index (κ1) is 9.87. The lowest BCUT2D eigenvalue weighted by molar-refractivity contribution is -0.420. The van der Waals surface area contributed by atoms with Gasteiger partial charge >= 0.3 is 0 Å². The maximum Gasteiger partial charge on any atom is 0.265 e. The van der Waals surface area contributed by atoms with Crippen LogP contribution in [0.5, 0.6) is 0 Å². The van der Waals surface area contributed by atoms with Gasteiger partial charge in [0.25, 0.3) is 10.1 Å². The van der Waals surface area contributed by atoms with E-state index in [0.29, 0.717) is 6.42 Å². The van der Waals surface area contributed by atoms with Crippen molar-refractivity contribution in [2.45, 2.75) is 25.8 Å². The molecule has 4 nitrogen and oxygen atoms in total. The van der Waals surface area contributed by atoms with Gasteiger partial charge in [-0.25, -0.2) is 0 Å². The molecule has 0 saturated heterocycles. The predicted octanol–water partition coefficient (Wildman–Crippen LogP) is -0.715. The van der Waals surface area contributed by atoms with Crippen molar-refractivity contribution in [3.05, 3.63) is 0 Å². The highest BCUT2D eigenvalue weighted by atomic mass is 32.2. The highest BCUT2D eigenvalue weighted by Gasteiger charge is 2.09. The smallest absolute Gasteiger partial charge is 0.265 e. The fourth-order valence-electron chi connectivity index (χ4n) is 0.520. The molecule has 0 rings (SSSR count). The molecule has 1 atom stereocenters. The van der Waals surface area contributed by atoms with E-state index in [1.54, 1.807) is 0 Å². The van der Waals surface area contributed by atoms with Crippen LogP contribution in [0.2, 0.25) is 0 Å². The summed E-state index contributed by atoms with van der Waals surface area (Å²) >= 11 is 0. The summed E-state index contributed by atoms with van der Waals surface area (Å²) in [4.78, 5) is 0. The molecule has 4 N–H and O–H groups in total. The van der Waals surface area contributed by atoms with Crippen molar-refractivity contribution in [3.8, 4) is 0 Å². The van der Waals surface area contributed by atoms with Crippen LogP contribution < -0.4 is 5.73 Å². The van der Waals surface area contributed by atoms with Crippen LogP contribution in [0.4, 0.5) is 0 Å². The van der Waals surface area contributed by atoms with Crippen molar-refractivity contribution < 1.29 is 18.7 Å². The standard InChI is InChI=1S/C5H13NO3S/c1-2-5(6)3-4-10(7,8)9/h5H,2-4,6H2,1H3,(H,7,8,9)/p+1. The molecule has 0 saturated carbocycles. The Hall–Kier alpha value is -0.130. The normalized spacial score (nSPS) is 15.1. The number of hydrogen-bond donors (Lipinski definition) is 2. The van der Waals surface area contributed by atoms with Crippen molar-refractivity contribution in [2.75, 3.05) is 5.75 Å². The van der Waals surface area contributed by atoms with E-state index in [2.05, 4.69) is 5.73 Å². The van der Waals surface area contributed by atoms with Gasteiger partial charge in [-0.15, -0.1) is 0 Å². The van der Waals surface area contributed by atoms with Crippen LogP contribution in [-0.2, 0) is 10.1 Å². The van der Waals surface area contributed by atoms with Crippen LogP contribution in [0.25, 0.3) is 0 Å². The van der Waals surface area contributed by atoms with Crippen LogP contribution in [0.3, 0.4) is 0 Å². The van der Waals surface area contributed by atoms with Gasteiger partial charge in [0, 0.05) is 6.42 Å². The second-order valence-corrected chi connectivity index (χ2v) is 3.92. The molecule has 0 aliphatic heterocycles. The largest absolute Gasteiger partial charge is 0.355 e. The summed E-state index contributed by atoms with van der Waals surface area (Å²) in [6, 6.07) is 0.127. The first-order chi connectivity index (χ1) is 4.45. The summed E-state index contributed by atoms with van der Waals surface area (Å²) in [5.41, 5.74) is 3.68. The van der Waals surface area contributed by atoms with E-state index in [-0.39, 0.29) is 11.8 Å². The zero-order chi connectivity index (χ0) is 8.20. The SMILES string of the molecule is CCC([NH3+])CCS(=O)(=O)O. The van der Waals surface area contributed by atoms with E-state index in [4.69, 9.17) is 4.55 Å². The first-order valence-corrected chi connectivity index (χ1v) is 4.85. The van der Waals surface area contributed by atoms with Gasteiger partial charge in [-0.3, -0.25) is 4.55 Å². The predicted molar refractivity (Wildman–Crippen MR) is 38.0 cm³/mol. The lowest BCUT2D eigenvalue weighted by Gasteiger charge is -2.01. The fraction of sp³-hybridized carbons (Fsp3) is 1.00. The van der Waals surface area contributed by atoms with Crippen LogP contribution >= 0.6 is 0 Å². The molecule has 5 heteroatoms. The zero-order valence-corrected chi connectivity index (χ0v) is 6.89. The molecule has 10 heavy (non-hydrogen) atoms. The summed E-state index contributed by atoms with van der Waals surface area (Å²) < 4.78 is 28.7. The second-order valence-electron chi connectivity index (χ2n) is 2.35. The van der Waals surface area contributed by atoms with Crippen molar-refractivity contribution in [1.82, 2.24) is 0 Å². The average molecular weight is 168 g/mol. The van der Waals surface area contributed by atoms with Crippen molar-refractivity contribution in [1.29, 1.82) is 0 Å². The maximum absolute atomic E-state index is 10.2. The van der Waals surface area contributed by atoms with Gasteiger partial charge in [0.1, 0.15) is 0 Å². The molecule has 0 heterocycles. The molecule has 0 bridgehead atoms. The zero-order valence-electron chi connectivity index (χ0n) is 6.08. The quantitative estimate of drug-likeness (QED) is 0.544. The molecule has 0 aliphatic carbocycles. The van der Waals surface area contributed by atoms with Crippen molar-refractivity contribution >= 4 is 10.1 Å². The minimum absolute atomic E-state index is 0.127. The molecular formula is C5H14NO3S+. The van der Waals surface area contributed by atoms with E-state index >= 15 is 0 Å². The minimum Gasteiger partial charge on any atom is -0.355 e. The Bertz CT molecular complexity index is 175. The third-order valence-electron chi connectivity index (χ3n) is 1.36. The van der Waals surface area contributed by atoms with Crippen LogP contribution in [0.1, 0.15) is 19.8 Å². The molecular weight excluding hydrogens is 154 g/mol. The number of rotatable bonds is 4. The molecule has 0 radical (unpaired) electrons. The molecule has 0 fully saturated rings. The van der Waals surface area contributed by atoms with Gasteiger partial charge < -0.3 is 5.73 Å². The molecule has 0 amide bonds. The Labute approximate surface area is 61.2 Å². The summed E-state index contributed by atoms with van der Waals surface area (Å²) in [7, 11) is -3.77. The topological polar surface area (TPSA) is 82.0 Å². The van der Waals surface area contributed by atoms with Gasteiger partial charge in [0.15, 0.2) is 0 Å². The van der Waals surface area contributed by atoms with Gasteiger partial charge in [-0.05, 0) is 6.42 Å². The average Bonchev–Trinajstić information content (AvgIpc) is 1.81. The van der Waals surface area contributed by atoms with Crippen LogP contribution in [0.15, 0.2) is 0 Å². The molecule has 62 valence electrons. The Balaban J connectivity index is 3.56. The van der Waals surface area contributed by atoms with E-state index in [1.807, 2.05) is 6.92 Å². The maximum atomic E-state index is 10.2. The van der Waals surface area contributed by atoms with E-state index in [9.17, 15) is 8.42 Å². The number of quaternary nitrogens is 1. The van der Waals surface area contributed by atoms with Gasteiger partial charge in [0.05, 0.1) is 11.8 Å². The summed E-state index contributed by atoms with van der Waals surface area (Å²) in [5.74, 6) is -0.172. The third-order valence-corrected chi connectivity index (χ3v) is 2.11. The molecule has 1 unspecified atom stereocenters. The van der Waals surface area contributed by atoms with Gasteiger partial charge in [-0.2, -0.15) is 8.42 Å². The second kappa shape index (κ2) is 3.90. The Morgan fingerprint density at radius 3 is 2.40 bits per heavy atom. The van der Waals surface area contributed by atoms with Gasteiger partial charge in [0.2, 0.25) is 0 Å². The first-order valence-electron chi connectivity index (χ1n) is 3.24. The molecule has 0 aromatic carbocycles. The molecule has 0 aliphatic rings. The summed E-state index contributed by atoms with van der Waals surface area (Å²) in [5, 5.41) is 0. The van der Waals surface area contributed by atoms with Crippen molar-refractivity contribution in [3.63, 3.8) is 0 Å². The summed E-state index contributed by atoms with van der Waals surface area (Å²) in [6.07, 6.45) is 1.28. The van der Waals surface area contributed by atoms with E-state index in [1.165, 1.54) is 0 Å². The number of hydrogen-bond acceptors (Lipinski definition) is 2. The van der Waals surface area contributed by atoms with E-state index in [0.717, 1.165) is 6.42 Å². The Kier molecular flexibility index (Phi) is 3.85.